The summed E-state index contributed by atoms with van der Waals surface area (Å²) in [6.45, 7) is 2.17. The number of fused-ring (bicyclic) bond motifs is 1. The quantitative estimate of drug-likeness (QED) is 0.587. The molecule has 1 unspecified atom stereocenters. The third-order valence-electron chi connectivity index (χ3n) is 4.42. The smallest absolute Gasteiger partial charge is 0.257 e. The Morgan fingerprint density at radius 2 is 2.11 bits per heavy atom. The number of nitrogens with zero attached hydrogens (tertiary/aromatic N) is 3. The zero-order valence-corrected chi connectivity index (χ0v) is 18.1. The van der Waals surface area contributed by atoms with Crippen molar-refractivity contribution in [1.82, 2.24) is 20.8 Å². The van der Waals surface area contributed by atoms with Gasteiger partial charge in [-0.1, -0.05) is 22.0 Å². The normalized spacial score (nSPS) is 17.6. The molecule has 2 heterocycles. The molecule has 0 spiro atoms. The number of anilines is 1. The number of amides is 2. The average Bonchev–Trinajstić information content (AvgIpc) is 2.66. The van der Waals surface area contributed by atoms with Crippen LogP contribution in [0, 0.1) is 0 Å². The molecule has 10 heteroatoms. The van der Waals surface area contributed by atoms with Crippen molar-refractivity contribution in [3.05, 3.63) is 34.8 Å². The van der Waals surface area contributed by atoms with Crippen LogP contribution in [0.4, 0.5) is 5.82 Å². The second-order valence-corrected chi connectivity index (χ2v) is 7.56. The maximum atomic E-state index is 12.6. The van der Waals surface area contributed by atoms with Crippen molar-refractivity contribution < 1.29 is 9.59 Å². The Morgan fingerprint density at radius 1 is 1.39 bits per heavy atom. The highest BCUT2D eigenvalue weighted by atomic mass is 79.9. The molecule has 1 aromatic heterocycles. The van der Waals surface area contributed by atoms with E-state index >= 15 is 0 Å². The first-order valence-electron chi connectivity index (χ1n) is 8.79. The van der Waals surface area contributed by atoms with E-state index in [-0.39, 0.29) is 24.2 Å². The van der Waals surface area contributed by atoms with Crippen LogP contribution >= 0.6 is 28.3 Å². The lowest BCUT2D eigenvalue weighted by molar-refractivity contribution is -0.140. The maximum Gasteiger partial charge on any atom is 0.257 e. The largest absolute Gasteiger partial charge is 0.320 e. The van der Waals surface area contributed by atoms with Crippen molar-refractivity contribution in [2.45, 2.75) is 31.8 Å². The minimum Gasteiger partial charge on any atom is -0.320 e. The molecule has 0 aliphatic carbocycles. The highest BCUT2D eigenvalue weighted by Crippen LogP contribution is 2.21. The van der Waals surface area contributed by atoms with Gasteiger partial charge in [-0.3, -0.25) is 25.0 Å². The summed E-state index contributed by atoms with van der Waals surface area (Å²) in [5, 5.41) is 4.03. The van der Waals surface area contributed by atoms with E-state index in [0.29, 0.717) is 18.8 Å². The van der Waals surface area contributed by atoms with Crippen LogP contribution < -0.4 is 21.6 Å². The molecule has 0 bridgehead atoms. The monoisotopic (exact) mass is 470 g/mol. The fourth-order valence-corrected chi connectivity index (χ4v) is 3.30. The molecule has 8 nitrogen and oxygen atoms in total. The van der Waals surface area contributed by atoms with Gasteiger partial charge in [0.25, 0.3) is 11.8 Å². The minimum absolute atomic E-state index is 0. The van der Waals surface area contributed by atoms with Gasteiger partial charge in [0.15, 0.2) is 0 Å². The summed E-state index contributed by atoms with van der Waals surface area (Å²) >= 11 is 3.44. The third-order valence-corrected chi connectivity index (χ3v) is 4.91. The van der Waals surface area contributed by atoms with Gasteiger partial charge < -0.3 is 5.73 Å². The van der Waals surface area contributed by atoms with E-state index in [9.17, 15) is 9.59 Å². The number of nitrogens with two attached hydrogens (primary N) is 1. The molecule has 1 fully saturated rings. The molecular formula is C18H24BrClN6O2. The van der Waals surface area contributed by atoms with Gasteiger partial charge in [-0.2, -0.15) is 0 Å². The lowest BCUT2D eigenvalue weighted by Gasteiger charge is -2.34. The second kappa shape index (κ2) is 9.51. The number of carbonyl (C=O) groups is 2. The van der Waals surface area contributed by atoms with E-state index in [4.69, 9.17) is 5.73 Å². The molecule has 2 aromatic rings. The van der Waals surface area contributed by atoms with Gasteiger partial charge in [-0.25, -0.2) is 10.4 Å². The first-order chi connectivity index (χ1) is 12.8. The summed E-state index contributed by atoms with van der Waals surface area (Å²) in [6.07, 6.45) is 1.37. The van der Waals surface area contributed by atoms with Crippen LogP contribution in [-0.4, -0.2) is 47.5 Å². The van der Waals surface area contributed by atoms with E-state index in [1.165, 1.54) is 5.01 Å². The number of hydrogen-bond acceptors (Lipinski definition) is 6. The minimum atomic E-state index is -0.608. The Balaban J connectivity index is 0.00000280. The van der Waals surface area contributed by atoms with Gasteiger partial charge in [-0.05, 0) is 44.0 Å². The SMILES string of the molecule is CC(N)C(=O)N1CCC[C@@H](C(=O)NN(C)c2ccc3ccc(Br)cc3n2)N1.Cl. The number of benzene rings is 1. The van der Waals surface area contributed by atoms with Gasteiger partial charge >= 0.3 is 0 Å². The van der Waals surface area contributed by atoms with Crippen molar-refractivity contribution >= 4 is 56.9 Å². The number of carbonyl (C=O) groups excluding carboxylic acids is 2. The third kappa shape index (κ3) is 5.11. The topological polar surface area (TPSA) is 104 Å². The predicted octanol–water partition coefficient (Wildman–Crippen LogP) is 1.73. The Kier molecular flexibility index (Phi) is 7.59. The summed E-state index contributed by atoms with van der Waals surface area (Å²) in [7, 11) is 1.73. The molecule has 0 radical (unpaired) electrons. The fraction of sp³-hybridized carbons (Fsp3) is 0.389. The van der Waals surface area contributed by atoms with Gasteiger partial charge in [0, 0.05) is 23.5 Å². The lowest BCUT2D eigenvalue weighted by atomic mass is 10.1. The van der Waals surface area contributed by atoms with E-state index < -0.39 is 12.1 Å². The van der Waals surface area contributed by atoms with Crippen molar-refractivity contribution in [3.8, 4) is 0 Å². The summed E-state index contributed by atoms with van der Waals surface area (Å²) in [6, 6.07) is 8.55. The first kappa shape index (κ1) is 22.4. The molecule has 0 saturated carbocycles. The average molecular weight is 472 g/mol. The molecule has 1 aromatic carbocycles. The number of hydrogen-bond donors (Lipinski definition) is 3. The summed E-state index contributed by atoms with van der Waals surface area (Å²) < 4.78 is 0.941. The van der Waals surface area contributed by atoms with Gasteiger partial charge in [0.1, 0.15) is 11.9 Å². The zero-order chi connectivity index (χ0) is 19.6. The van der Waals surface area contributed by atoms with Crippen LogP contribution in [0.2, 0.25) is 0 Å². The molecule has 4 N–H and O–H groups in total. The Bertz CT molecular complexity index is 865. The molecule has 2 amide bonds. The fourth-order valence-electron chi connectivity index (χ4n) is 2.95. The van der Waals surface area contributed by atoms with Crippen molar-refractivity contribution in [1.29, 1.82) is 0 Å². The van der Waals surface area contributed by atoms with Gasteiger partial charge in [0.05, 0.1) is 11.6 Å². The Labute approximate surface area is 178 Å². The van der Waals surface area contributed by atoms with Crippen LogP contribution in [0.25, 0.3) is 10.9 Å². The number of hydrazine groups is 2. The van der Waals surface area contributed by atoms with E-state index in [1.54, 1.807) is 19.0 Å². The molecule has 1 aliphatic heterocycles. The molecule has 2 atom stereocenters. The first-order valence-corrected chi connectivity index (χ1v) is 9.58. The van der Waals surface area contributed by atoms with Crippen molar-refractivity contribution in [2.75, 3.05) is 18.6 Å². The number of rotatable bonds is 4. The Hall–Kier alpha value is -1.94. The maximum absolute atomic E-state index is 12.6. The van der Waals surface area contributed by atoms with E-state index in [2.05, 4.69) is 31.8 Å². The molecule has 3 rings (SSSR count). The van der Waals surface area contributed by atoms with Gasteiger partial charge in [0.2, 0.25) is 0 Å². The van der Waals surface area contributed by atoms with E-state index in [1.807, 2.05) is 30.3 Å². The highest BCUT2D eigenvalue weighted by Gasteiger charge is 2.29. The molecule has 1 aliphatic rings. The molecule has 28 heavy (non-hydrogen) atoms. The molecule has 152 valence electrons. The van der Waals surface area contributed by atoms with Crippen LogP contribution in [-0.2, 0) is 9.59 Å². The van der Waals surface area contributed by atoms with Crippen LogP contribution in [0.1, 0.15) is 19.8 Å². The predicted molar refractivity (Wildman–Crippen MR) is 115 cm³/mol. The van der Waals surface area contributed by atoms with E-state index in [0.717, 1.165) is 21.8 Å². The van der Waals surface area contributed by atoms with Crippen molar-refractivity contribution in [3.63, 3.8) is 0 Å². The van der Waals surface area contributed by atoms with Crippen LogP contribution in [0.3, 0.4) is 0 Å². The number of halogens is 2. The Morgan fingerprint density at radius 3 is 2.82 bits per heavy atom. The second-order valence-electron chi connectivity index (χ2n) is 6.64. The highest BCUT2D eigenvalue weighted by molar-refractivity contribution is 9.10. The standard InChI is InChI=1S/C18H23BrN6O2.ClH/c1-11(20)18(27)25-9-3-4-14(22-25)17(26)23-24(2)16-8-6-12-5-7-13(19)10-15(12)21-16;/h5-8,10-11,14,22H,3-4,9,20H2,1-2H3,(H,23,26);1H/t11?,14-;/m0./s1. The van der Waals surface area contributed by atoms with Crippen LogP contribution in [0.15, 0.2) is 34.8 Å². The summed E-state index contributed by atoms with van der Waals surface area (Å²) in [5.41, 5.74) is 12.3. The summed E-state index contributed by atoms with van der Waals surface area (Å²) in [4.78, 5) is 29.2. The number of aromatic nitrogens is 1. The van der Waals surface area contributed by atoms with Gasteiger partial charge in [-0.15, -0.1) is 12.4 Å². The molecule has 1 saturated heterocycles. The van der Waals surface area contributed by atoms with Crippen LogP contribution in [0.5, 0.6) is 0 Å². The number of pyridine rings is 1. The lowest BCUT2D eigenvalue weighted by Crippen LogP contribution is -2.61. The number of nitrogens with one attached hydrogen (secondary N) is 2. The van der Waals surface area contributed by atoms with Crippen molar-refractivity contribution in [2.24, 2.45) is 5.73 Å². The molecular weight excluding hydrogens is 448 g/mol. The zero-order valence-electron chi connectivity index (χ0n) is 15.7. The summed E-state index contributed by atoms with van der Waals surface area (Å²) in [5.74, 6) is 0.173.